The number of benzene rings is 1. The fraction of sp³-hybridized carbons (Fsp3) is 0.267. The van der Waals surface area contributed by atoms with Gasteiger partial charge in [-0.25, -0.2) is 0 Å². The molecule has 0 spiro atoms. The van der Waals surface area contributed by atoms with E-state index >= 15 is 0 Å². The van der Waals surface area contributed by atoms with Gasteiger partial charge in [-0.05, 0) is 36.2 Å². The second-order valence-corrected chi connectivity index (χ2v) is 6.11. The molecule has 1 amide bonds. The molecular formula is C15H18ClN3OS. The van der Waals surface area contributed by atoms with Gasteiger partial charge in [0.1, 0.15) is 0 Å². The van der Waals surface area contributed by atoms with E-state index in [1.54, 1.807) is 29.5 Å². The molecule has 0 saturated heterocycles. The molecular weight excluding hydrogens is 306 g/mol. The van der Waals surface area contributed by atoms with Crippen LogP contribution < -0.4 is 11.1 Å². The Balaban J connectivity index is 1.95. The number of nitrogens with zero attached hydrogens (tertiary/aromatic N) is 1. The number of nitrogens with two attached hydrogens (primary N) is 1. The Labute approximate surface area is 133 Å². The standard InChI is InChI=1S/C15H18ClN3OS/c1-2-19(9-12-4-3-7-21-12)10-15(20)18-14-8-11(17)5-6-13(14)16/h3-8H,2,9-10,17H2,1H3,(H,18,20). The maximum Gasteiger partial charge on any atom is 0.238 e. The van der Waals surface area contributed by atoms with Crippen LogP contribution in [0.15, 0.2) is 35.7 Å². The van der Waals surface area contributed by atoms with Gasteiger partial charge in [-0.15, -0.1) is 11.3 Å². The van der Waals surface area contributed by atoms with E-state index in [4.69, 9.17) is 17.3 Å². The molecule has 2 aromatic rings. The molecule has 0 bridgehead atoms. The Kier molecular flexibility index (Phi) is 5.61. The summed E-state index contributed by atoms with van der Waals surface area (Å²) in [5.74, 6) is -0.0964. The molecule has 0 aliphatic rings. The minimum absolute atomic E-state index is 0.0964. The minimum atomic E-state index is -0.0964. The topological polar surface area (TPSA) is 58.4 Å². The molecule has 1 heterocycles. The van der Waals surface area contributed by atoms with Crippen LogP contribution in [0.5, 0.6) is 0 Å². The summed E-state index contributed by atoms with van der Waals surface area (Å²) in [7, 11) is 0. The fourth-order valence-corrected chi connectivity index (χ4v) is 2.84. The number of amides is 1. The number of hydrogen-bond donors (Lipinski definition) is 2. The monoisotopic (exact) mass is 323 g/mol. The first kappa shape index (κ1) is 15.8. The van der Waals surface area contributed by atoms with Gasteiger partial charge in [0, 0.05) is 17.1 Å². The number of anilines is 2. The van der Waals surface area contributed by atoms with Gasteiger partial charge >= 0.3 is 0 Å². The van der Waals surface area contributed by atoms with E-state index in [9.17, 15) is 4.79 Å². The van der Waals surface area contributed by atoms with Crippen molar-refractivity contribution in [2.24, 2.45) is 0 Å². The van der Waals surface area contributed by atoms with Crippen molar-refractivity contribution in [3.63, 3.8) is 0 Å². The van der Waals surface area contributed by atoms with E-state index in [2.05, 4.69) is 16.3 Å². The van der Waals surface area contributed by atoms with Crippen LogP contribution in [0.1, 0.15) is 11.8 Å². The number of hydrogen-bond acceptors (Lipinski definition) is 4. The van der Waals surface area contributed by atoms with Crippen LogP contribution >= 0.6 is 22.9 Å². The van der Waals surface area contributed by atoms with Crippen LogP contribution in [-0.4, -0.2) is 23.9 Å². The Morgan fingerprint density at radius 2 is 2.24 bits per heavy atom. The first-order chi connectivity index (χ1) is 10.1. The number of rotatable bonds is 6. The maximum absolute atomic E-state index is 12.1. The van der Waals surface area contributed by atoms with E-state index in [0.29, 0.717) is 22.9 Å². The third kappa shape index (κ3) is 4.74. The summed E-state index contributed by atoms with van der Waals surface area (Å²) in [5, 5.41) is 5.33. The van der Waals surface area contributed by atoms with Crippen LogP contribution in [0.25, 0.3) is 0 Å². The summed E-state index contributed by atoms with van der Waals surface area (Å²) in [6.45, 7) is 3.93. The van der Waals surface area contributed by atoms with Gasteiger partial charge in [-0.2, -0.15) is 0 Å². The molecule has 1 aromatic heterocycles. The lowest BCUT2D eigenvalue weighted by molar-refractivity contribution is -0.117. The molecule has 3 N–H and O–H groups in total. The highest BCUT2D eigenvalue weighted by molar-refractivity contribution is 7.09. The molecule has 0 atom stereocenters. The van der Waals surface area contributed by atoms with Crippen molar-refractivity contribution in [1.82, 2.24) is 4.90 Å². The first-order valence-electron chi connectivity index (χ1n) is 6.68. The third-order valence-corrected chi connectivity index (χ3v) is 4.23. The van der Waals surface area contributed by atoms with Crippen molar-refractivity contribution in [1.29, 1.82) is 0 Å². The van der Waals surface area contributed by atoms with Gasteiger partial charge in [0.05, 0.1) is 17.3 Å². The Bertz CT molecular complexity index is 601. The van der Waals surface area contributed by atoms with Crippen LogP contribution in [0.2, 0.25) is 5.02 Å². The minimum Gasteiger partial charge on any atom is -0.399 e. The van der Waals surface area contributed by atoms with Crippen LogP contribution in [-0.2, 0) is 11.3 Å². The predicted octanol–water partition coefficient (Wildman–Crippen LogP) is 3.44. The zero-order valence-electron chi connectivity index (χ0n) is 11.8. The molecule has 0 aliphatic carbocycles. The third-order valence-electron chi connectivity index (χ3n) is 3.04. The van der Waals surface area contributed by atoms with Crippen molar-refractivity contribution in [3.8, 4) is 0 Å². The summed E-state index contributed by atoms with van der Waals surface area (Å²) in [5.41, 5.74) is 6.82. The summed E-state index contributed by atoms with van der Waals surface area (Å²) < 4.78 is 0. The second-order valence-electron chi connectivity index (χ2n) is 4.67. The summed E-state index contributed by atoms with van der Waals surface area (Å²) in [6.07, 6.45) is 0. The first-order valence-corrected chi connectivity index (χ1v) is 7.94. The summed E-state index contributed by atoms with van der Waals surface area (Å²) in [6, 6.07) is 9.12. The number of likely N-dealkylation sites (N-methyl/N-ethyl adjacent to an activating group) is 1. The van der Waals surface area contributed by atoms with Gasteiger partial charge < -0.3 is 11.1 Å². The lowest BCUT2D eigenvalue weighted by Crippen LogP contribution is -2.32. The summed E-state index contributed by atoms with van der Waals surface area (Å²) in [4.78, 5) is 15.4. The van der Waals surface area contributed by atoms with Gasteiger partial charge in [0.15, 0.2) is 0 Å². The molecule has 1 aromatic carbocycles. The van der Waals surface area contributed by atoms with E-state index in [0.717, 1.165) is 13.1 Å². The number of carbonyl (C=O) groups excluding carboxylic acids is 1. The van der Waals surface area contributed by atoms with Crippen molar-refractivity contribution in [2.45, 2.75) is 13.5 Å². The van der Waals surface area contributed by atoms with Crippen molar-refractivity contribution >= 4 is 40.2 Å². The second kappa shape index (κ2) is 7.45. The molecule has 0 fully saturated rings. The highest BCUT2D eigenvalue weighted by Gasteiger charge is 2.12. The molecule has 0 unspecified atom stereocenters. The largest absolute Gasteiger partial charge is 0.399 e. The average molecular weight is 324 g/mol. The summed E-state index contributed by atoms with van der Waals surface area (Å²) >= 11 is 7.73. The van der Waals surface area contributed by atoms with Gasteiger partial charge in [0.2, 0.25) is 5.91 Å². The lowest BCUT2D eigenvalue weighted by atomic mass is 10.2. The molecule has 0 saturated carbocycles. The zero-order chi connectivity index (χ0) is 15.2. The predicted molar refractivity (Wildman–Crippen MR) is 89.8 cm³/mol. The Hall–Kier alpha value is -1.56. The fourth-order valence-electron chi connectivity index (χ4n) is 1.93. The SMILES string of the molecule is CCN(CC(=O)Nc1cc(N)ccc1Cl)Cc1cccs1. The molecule has 4 nitrogen and oxygen atoms in total. The number of nitrogen functional groups attached to an aromatic ring is 1. The molecule has 0 aliphatic heterocycles. The van der Waals surface area contributed by atoms with E-state index < -0.39 is 0 Å². The van der Waals surface area contributed by atoms with Crippen molar-refractivity contribution in [3.05, 3.63) is 45.6 Å². The van der Waals surface area contributed by atoms with Gasteiger partial charge in [-0.3, -0.25) is 9.69 Å². The van der Waals surface area contributed by atoms with Crippen LogP contribution in [0, 0.1) is 0 Å². The van der Waals surface area contributed by atoms with Crippen molar-refractivity contribution in [2.75, 3.05) is 24.1 Å². The number of thiophene rings is 1. The Morgan fingerprint density at radius 1 is 1.43 bits per heavy atom. The van der Waals surface area contributed by atoms with E-state index in [1.807, 2.05) is 18.4 Å². The highest BCUT2D eigenvalue weighted by atomic mass is 35.5. The molecule has 2 rings (SSSR count). The van der Waals surface area contributed by atoms with E-state index in [1.165, 1.54) is 4.88 Å². The van der Waals surface area contributed by atoms with Gasteiger partial charge in [0.25, 0.3) is 0 Å². The quantitative estimate of drug-likeness (QED) is 0.801. The zero-order valence-corrected chi connectivity index (χ0v) is 13.4. The normalized spacial score (nSPS) is 10.8. The Morgan fingerprint density at radius 3 is 2.90 bits per heavy atom. The molecule has 21 heavy (non-hydrogen) atoms. The lowest BCUT2D eigenvalue weighted by Gasteiger charge is -2.19. The number of nitrogens with one attached hydrogen (secondary N) is 1. The molecule has 112 valence electrons. The smallest absolute Gasteiger partial charge is 0.238 e. The number of carbonyl (C=O) groups is 1. The molecule has 6 heteroatoms. The average Bonchev–Trinajstić information content (AvgIpc) is 2.95. The highest BCUT2D eigenvalue weighted by Crippen LogP contribution is 2.24. The maximum atomic E-state index is 12.1. The van der Waals surface area contributed by atoms with Crippen molar-refractivity contribution < 1.29 is 4.79 Å². The van der Waals surface area contributed by atoms with Crippen LogP contribution in [0.4, 0.5) is 11.4 Å². The van der Waals surface area contributed by atoms with Crippen LogP contribution in [0.3, 0.4) is 0 Å². The van der Waals surface area contributed by atoms with E-state index in [-0.39, 0.29) is 5.91 Å². The molecule has 0 radical (unpaired) electrons. The van der Waals surface area contributed by atoms with Gasteiger partial charge in [-0.1, -0.05) is 24.6 Å². The number of halogens is 1.